The van der Waals surface area contributed by atoms with Gasteiger partial charge < -0.3 is 20.2 Å². The lowest BCUT2D eigenvalue weighted by molar-refractivity contribution is -0.141. The highest BCUT2D eigenvalue weighted by Gasteiger charge is 2.32. The highest BCUT2D eigenvalue weighted by Crippen LogP contribution is 2.17. The Hall–Kier alpha value is -2.08. The maximum absolute atomic E-state index is 12.5. The minimum absolute atomic E-state index is 0.0186. The van der Waals surface area contributed by atoms with Gasteiger partial charge in [0.25, 0.3) is 0 Å². The first kappa shape index (κ1) is 19.2. The summed E-state index contributed by atoms with van der Waals surface area (Å²) in [5.74, 6) is -0.970. The van der Waals surface area contributed by atoms with E-state index in [9.17, 15) is 9.59 Å². The van der Waals surface area contributed by atoms with Crippen LogP contribution in [0.2, 0.25) is 0 Å². The van der Waals surface area contributed by atoms with Gasteiger partial charge in [-0.3, -0.25) is 4.79 Å². The molecule has 25 heavy (non-hydrogen) atoms. The van der Waals surface area contributed by atoms with Crippen LogP contribution in [0.5, 0.6) is 0 Å². The van der Waals surface area contributed by atoms with Crippen molar-refractivity contribution in [1.82, 2.24) is 15.1 Å². The maximum atomic E-state index is 12.5. The second kappa shape index (κ2) is 8.85. The minimum Gasteiger partial charge on any atom is -0.481 e. The predicted octanol–water partition coefficient (Wildman–Crippen LogP) is 2.26. The number of likely N-dealkylation sites (N-methyl/N-ethyl adjacent to an activating group) is 1. The van der Waals surface area contributed by atoms with Crippen LogP contribution in [0.4, 0.5) is 4.79 Å². The molecule has 0 aromatic heterocycles. The number of amides is 2. The second-order valence-electron chi connectivity index (χ2n) is 7.25. The number of likely N-dealkylation sites (tertiary alicyclic amines) is 1. The molecule has 2 amide bonds. The molecule has 2 atom stereocenters. The Balaban J connectivity index is 1.87. The molecule has 1 heterocycles. The van der Waals surface area contributed by atoms with Crippen LogP contribution in [0.3, 0.4) is 0 Å². The van der Waals surface area contributed by atoms with Gasteiger partial charge in [0.1, 0.15) is 0 Å². The molecule has 1 aliphatic rings. The zero-order valence-corrected chi connectivity index (χ0v) is 15.3. The van der Waals surface area contributed by atoms with Gasteiger partial charge in [-0.1, -0.05) is 44.2 Å². The first-order valence-electron chi connectivity index (χ1n) is 8.87. The molecule has 2 N–H and O–H groups in total. The largest absolute Gasteiger partial charge is 0.481 e. The van der Waals surface area contributed by atoms with Crippen LogP contribution in [0.15, 0.2) is 30.3 Å². The number of carboxylic acids is 1. The molecule has 0 radical (unpaired) electrons. The van der Waals surface area contributed by atoms with E-state index >= 15 is 0 Å². The smallest absolute Gasteiger partial charge is 0.317 e. The third-order valence-electron chi connectivity index (χ3n) is 4.74. The van der Waals surface area contributed by atoms with Gasteiger partial charge in [0.15, 0.2) is 0 Å². The summed E-state index contributed by atoms with van der Waals surface area (Å²) < 4.78 is 0. The van der Waals surface area contributed by atoms with Gasteiger partial charge in [0, 0.05) is 32.2 Å². The number of nitrogens with one attached hydrogen (secondary N) is 1. The Morgan fingerprint density at radius 3 is 2.56 bits per heavy atom. The Bertz CT molecular complexity index is 577. The molecule has 0 saturated carbocycles. The summed E-state index contributed by atoms with van der Waals surface area (Å²) in [4.78, 5) is 27.3. The van der Waals surface area contributed by atoms with Crippen LogP contribution < -0.4 is 5.32 Å². The van der Waals surface area contributed by atoms with Crippen LogP contribution in [-0.4, -0.2) is 59.6 Å². The summed E-state index contributed by atoms with van der Waals surface area (Å²) >= 11 is 0. The van der Waals surface area contributed by atoms with Gasteiger partial charge in [-0.25, -0.2) is 4.79 Å². The molecule has 0 aliphatic carbocycles. The average molecular weight is 347 g/mol. The Labute approximate surface area is 149 Å². The molecule has 1 aromatic carbocycles. The minimum atomic E-state index is -0.821. The summed E-state index contributed by atoms with van der Waals surface area (Å²) in [6.07, 6.45) is 0.531. The fourth-order valence-corrected chi connectivity index (χ4v) is 3.11. The summed E-state index contributed by atoms with van der Waals surface area (Å²) in [5, 5.41) is 12.2. The Kier molecular flexibility index (Phi) is 6.82. The number of benzene rings is 1. The first-order chi connectivity index (χ1) is 11.9. The van der Waals surface area contributed by atoms with E-state index in [1.807, 2.05) is 25.2 Å². The molecule has 2 rings (SSSR count). The molecule has 0 spiro atoms. The van der Waals surface area contributed by atoms with Crippen molar-refractivity contribution in [3.63, 3.8) is 0 Å². The number of urea groups is 1. The van der Waals surface area contributed by atoms with E-state index in [1.54, 1.807) is 4.90 Å². The molecule has 1 fully saturated rings. The third-order valence-corrected chi connectivity index (χ3v) is 4.74. The van der Waals surface area contributed by atoms with Crippen LogP contribution >= 0.6 is 0 Å². The predicted molar refractivity (Wildman–Crippen MR) is 97.2 cm³/mol. The third kappa shape index (κ3) is 5.74. The lowest BCUT2D eigenvalue weighted by atomic mass is 10.0. The second-order valence-corrected chi connectivity index (χ2v) is 7.25. The number of aliphatic carboxylic acids is 1. The van der Waals surface area contributed by atoms with Crippen molar-refractivity contribution >= 4 is 12.0 Å². The van der Waals surface area contributed by atoms with Crippen molar-refractivity contribution in [2.24, 2.45) is 11.8 Å². The Morgan fingerprint density at radius 1 is 1.32 bits per heavy atom. The van der Waals surface area contributed by atoms with Gasteiger partial charge in [-0.15, -0.1) is 0 Å². The van der Waals surface area contributed by atoms with Crippen LogP contribution in [0.25, 0.3) is 0 Å². The molecule has 138 valence electrons. The number of carbonyl (C=O) groups is 2. The molecular weight excluding hydrogens is 318 g/mol. The highest BCUT2D eigenvalue weighted by atomic mass is 16.4. The number of hydrogen-bond acceptors (Lipinski definition) is 3. The van der Waals surface area contributed by atoms with Gasteiger partial charge >= 0.3 is 12.0 Å². The van der Waals surface area contributed by atoms with E-state index in [0.29, 0.717) is 25.4 Å². The van der Waals surface area contributed by atoms with Crippen molar-refractivity contribution in [3.05, 3.63) is 35.9 Å². The van der Waals surface area contributed by atoms with Gasteiger partial charge in [0.05, 0.1) is 5.92 Å². The molecule has 0 bridgehead atoms. The molecule has 1 aromatic rings. The number of hydrogen-bond donors (Lipinski definition) is 2. The van der Waals surface area contributed by atoms with Crippen molar-refractivity contribution in [1.29, 1.82) is 0 Å². The molecule has 6 nitrogen and oxygen atoms in total. The number of carbonyl (C=O) groups excluding carboxylic acids is 1. The Morgan fingerprint density at radius 2 is 2.00 bits per heavy atom. The van der Waals surface area contributed by atoms with Gasteiger partial charge in [-0.2, -0.15) is 0 Å². The summed E-state index contributed by atoms with van der Waals surface area (Å²) in [5.41, 5.74) is 1.24. The van der Waals surface area contributed by atoms with E-state index in [2.05, 4.69) is 36.2 Å². The quantitative estimate of drug-likeness (QED) is 0.793. The van der Waals surface area contributed by atoms with E-state index in [4.69, 9.17) is 5.11 Å². The lowest BCUT2D eigenvalue weighted by Gasteiger charge is -2.29. The van der Waals surface area contributed by atoms with Crippen LogP contribution in [0, 0.1) is 11.8 Å². The zero-order valence-electron chi connectivity index (χ0n) is 15.3. The summed E-state index contributed by atoms with van der Waals surface area (Å²) in [6.45, 7) is 6.55. The fourth-order valence-electron chi connectivity index (χ4n) is 3.11. The SMILES string of the molecule is CC(C)C(CN(C)Cc1ccccc1)NC(=O)N1CCC(C(=O)O)C1. The molecule has 6 heteroatoms. The van der Waals surface area contributed by atoms with Crippen molar-refractivity contribution < 1.29 is 14.7 Å². The topological polar surface area (TPSA) is 72.9 Å². The maximum Gasteiger partial charge on any atom is 0.317 e. The van der Waals surface area contributed by atoms with E-state index in [0.717, 1.165) is 13.1 Å². The highest BCUT2D eigenvalue weighted by molar-refractivity contribution is 5.77. The van der Waals surface area contributed by atoms with Gasteiger partial charge in [-0.05, 0) is 24.9 Å². The summed E-state index contributed by atoms with van der Waals surface area (Å²) in [7, 11) is 2.05. The van der Waals surface area contributed by atoms with Crippen molar-refractivity contribution in [3.8, 4) is 0 Å². The number of nitrogens with zero attached hydrogens (tertiary/aromatic N) is 2. The van der Waals surface area contributed by atoms with E-state index in [1.165, 1.54) is 5.56 Å². The van der Waals surface area contributed by atoms with Crippen LogP contribution in [-0.2, 0) is 11.3 Å². The molecule has 1 saturated heterocycles. The molecule has 1 aliphatic heterocycles. The monoisotopic (exact) mass is 347 g/mol. The number of rotatable bonds is 7. The average Bonchev–Trinajstić information content (AvgIpc) is 3.05. The van der Waals surface area contributed by atoms with Crippen molar-refractivity contribution in [2.45, 2.75) is 32.9 Å². The number of carboxylic acid groups (broad SMARTS) is 1. The zero-order chi connectivity index (χ0) is 18.4. The lowest BCUT2D eigenvalue weighted by Crippen LogP contribution is -2.50. The summed E-state index contributed by atoms with van der Waals surface area (Å²) in [6, 6.07) is 10.1. The van der Waals surface area contributed by atoms with E-state index in [-0.39, 0.29) is 12.1 Å². The molecular formula is C19H29N3O3. The van der Waals surface area contributed by atoms with Crippen LogP contribution in [0.1, 0.15) is 25.8 Å². The van der Waals surface area contributed by atoms with Gasteiger partial charge in [0.2, 0.25) is 0 Å². The molecule has 2 unspecified atom stereocenters. The fraction of sp³-hybridized carbons (Fsp3) is 0.579. The standard InChI is InChI=1S/C19H29N3O3/c1-14(2)17(13-21(3)11-15-7-5-4-6-8-15)20-19(25)22-10-9-16(12-22)18(23)24/h4-8,14,16-17H,9-13H2,1-3H3,(H,20,25)(H,23,24). The van der Waals surface area contributed by atoms with E-state index < -0.39 is 11.9 Å². The van der Waals surface area contributed by atoms with Crippen molar-refractivity contribution in [2.75, 3.05) is 26.7 Å². The normalized spacial score (nSPS) is 18.6. The first-order valence-corrected chi connectivity index (χ1v) is 8.87.